The van der Waals surface area contributed by atoms with Gasteiger partial charge in [0.2, 0.25) is 0 Å². The average Bonchev–Trinajstić information content (AvgIpc) is 3.48. The first-order valence-electron chi connectivity index (χ1n) is 11.1. The Morgan fingerprint density at radius 1 is 1.18 bits per heavy atom. The molecule has 0 saturated carbocycles. The second-order valence-electron chi connectivity index (χ2n) is 8.47. The third kappa shape index (κ3) is 4.85. The highest BCUT2D eigenvalue weighted by atomic mass is 32.2. The van der Waals surface area contributed by atoms with Gasteiger partial charge in [0.05, 0.1) is 37.2 Å². The zero-order valence-corrected chi connectivity index (χ0v) is 20.0. The largest absolute Gasteiger partial charge is 0.845 e. The maximum Gasteiger partial charge on any atom is 0.346 e. The molecule has 33 heavy (non-hydrogen) atoms. The number of methoxy groups -OCH3 is 2. The molecule has 1 aromatic heterocycles. The molecule has 180 valence electrons. The van der Waals surface area contributed by atoms with Gasteiger partial charge in [-0.2, -0.15) is 13.5 Å². The number of fused-ring (bicyclic) bond motifs is 2. The molecule has 1 heterocycles. The molecule has 4 rings (SSSR count). The number of nitrogens with zero attached hydrogens (tertiary/aromatic N) is 4. The molecule has 1 N–H and O–H groups in total. The highest BCUT2D eigenvalue weighted by Crippen LogP contribution is 2.38. The van der Waals surface area contributed by atoms with E-state index in [1.165, 1.54) is 36.2 Å². The minimum atomic E-state index is -4.42. The van der Waals surface area contributed by atoms with Crippen LogP contribution in [0.15, 0.2) is 22.9 Å². The Morgan fingerprint density at radius 3 is 2.30 bits per heavy atom. The van der Waals surface area contributed by atoms with Crippen LogP contribution in [0.25, 0.3) is 0 Å². The predicted molar refractivity (Wildman–Crippen MR) is 124 cm³/mol. The SMILES string of the molecule is COCC(COC)N(c1cnn(C)c1)S(=O)(=O)/N=C(\[O-])Nc1c2c(cc3c1CCC3)CCC2. The van der Waals surface area contributed by atoms with Crippen LogP contribution in [0.4, 0.5) is 11.4 Å². The molecular weight excluding hydrogens is 446 g/mol. The lowest BCUT2D eigenvalue weighted by Gasteiger charge is -2.29. The van der Waals surface area contributed by atoms with Crippen LogP contribution in [0.1, 0.15) is 35.1 Å². The van der Waals surface area contributed by atoms with Gasteiger partial charge in [-0.3, -0.25) is 4.68 Å². The molecule has 2 aliphatic carbocycles. The molecule has 0 radical (unpaired) electrons. The van der Waals surface area contributed by atoms with Crippen molar-refractivity contribution < 1.29 is 23.0 Å². The summed E-state index contributed by atoms with van der Waals surface area (Å²) in [7, 11) is 0.195. The second kappa shape index (κ2) is 9.70. The maximum absolute atomic E-state index is 13.3. The quantitative estimate of drug-likeness (QED) is 0.422. The fraction of sp³-hybridized carbons (Fsp3) is 0.545. The average molecular weight is 477 g/mol. The molecule has 10 nitrogen and oxygen atoms in total. The minimum absolute atomic E-state index is 0.0544. The predicted octanol–water partition coefficient (Wildman–Crippen LogP) is 0.939. The zero-order chi connectivity index (χ0) is 23.6. The Bertz CT molecular complexity index is 1110. The Morgan fingerprint density at radius 2 is 1.79 bits per heavy atom. The third-order valence-corrected chi connectivity index (χ3v) is 7.55. The smallest absolute Gasteiger partial charge is 0.346 e. The van der Waals surface area contributed by atoms with Crippen molar-refractivity contribution in [1.29, 1.82) is 0 Å². The molecule has 0 spiro atoms. The molecule has 0 fully saturated rings. The summed E-state index contributed by atoms with van der Waals surface area (Å²) in [5.74, 6) is 0. The molecule has 1 aromatic carbocycles. The van der Waals surface area contributed by atoms with E-state index in [1.54, 1.807) is 13.2 Å². The Kier molecular flexibility index (Phi) is 6.91. The maximum atomic E-state index is 13.3. The van der Waals surface area contributed by atoms with E-state index in [4.69, 9.17) is 9.47 Å². The number of nitrogens with one attached hydrogen (secondary N) is 1. The van der Waals surface area contributed by atoms with Gasteiger partial charge in [-0.15, -0.1) is 4.40 Å². The van der Waals surface area contributed by atoms with E-state index in [2.05, 4.69) is 20.9 Å². The lowest BCUT2D eigenvalue weighted by molar-refractivity contribution is -0.213. The highest BCUT2D eigenvalue weighted by molar-refractivity contribution is 7.91. The summed E-state index contributed by atoms with van der Waals surface area (Å²) >= 11 is 0. The number of aromatic nitrogens is 2. The molecule has 0 unspecified atom stereocenters. The lowest BCUT2D eigenvalue weighted by Crippen LogP contribution is -2.46. The van der Waals surface area contributed by atoms with Gasteiger partial charge in [-0.1, -0.05) is 6.07 Å². The van der Waals surface area contributed by atoms with Crippen molar-refractivity contribution >= 4 is 27.6 Å². The fourth-order valence-corrected chi connectivity index (χ4v) is 6.07. The van der Waals surface area contributed by atoms with Gasteiger partial charge < -0.3 is 19.9 Å². The van der Waals surface area contributed by atoms with Gasteiger partial charge in [0.25, 0.3) is 0 Å². The number of hydrogen-bond acceptors (Lipinski definition) is 6. The number of hydrogen-bond donors (Lipinski definition) is 1. The van der Waals surface area contributed by atoms with Crippen molar-refractivity contribution in [3.8, 4) is 0 Å². The number of ether oxygens (including phenoxy) is 2. The van der Waals surface area contributed by atoms with Crippen molar-refractivity contribution in [3.63, 3.8) is 0 Å². The molecule has 0 atom stereocenters. The molecule has 2 aromatic rings. The second-order valence-corrected chi connectivity index (χ2v) is 9.94. The van der Waals surface area contributed by atoms with Gasteiger partial charge in [0.1, 0.15) is 0 Å². The summed E-state index contributed by atoms with van der Waals surface area (Å²) in [6, 6.07) is 0.612. The monoisotopic (exact) mass is 476 g/mol. The van der Waals surface area contributed by atoms with Crippen molar-refractivity contribution in [2.24, 2.45) is 11.4 Å². The van der Waals surface area contributed by atoms with E-state index in [0.717, 1.165) is 59.6 Å². The van der Waals surface area contributed by atoms with E-state index in [0.29, 0.717) is 0 Å². The molecule has 2 aliphatic rings. The summed E-state index contributed by atoms with van der Waals surface area (Å²) < 4.78 is 43.3. The summed E-state index contributed by atoms with van der Waals surface area (Å²) in [6.45, 7) is 0.109. The normalized spacial score (nSPS) is 15.7. The van der Waals surface area contributed by atoms with E-state index < -0.39 is 22.3 Å². The van der Waals surface area contributed by atoms with Crippen molar-refractivity contribution in [2.45, 2.75) is 44.6 Å². The standard InChI is InChI=1S/C22H31N5O5S/c1-26-12-17(11-23-26)27(18(13-31-2)14-32-3)33(29,30)25-22(28)24-21-19-8-4-6-15(19)10-16-7-5-9-20(16)21/h10-12,18H,4-9,13-14H2,1-3H3,(H2,24,25,28)/p-1. The topological polar surface area (TPSA) is 121 Å². The summed E-state index contributed by atoms with van der Waals surface area (Å²) in [5, 5.41) is 19.8. The molecule has 0 bridgehead atoms. The van der Waals surface area contributed by atoms with Crippen molar-refractivity contribution in [2.75, 3.05) is 37.1 Å². The van der Waals surface area contributed by atoms with Crippen molar-refractivity contribution in [3.05, 3.63) is 40.7 Å². The van der Waals surface area contributed by atoms with Crippen LogP contribution in [0.2, 0.25) is 0 Å². The first kappa shape index (κ1) is 23.5. The summed E-state index contributed by atoms with van der Waals surface area (Å²) in [5.41, 5.74) is 5.72. The van der Waals surface area contributed by atoms with Gasteiger partial charge in [-0.25, -0.2) is 4.31 Å². The molecule has 0 amide bonds. The summed E-state index contributed by atoms with van der Waals surface area (Å²) in [6.07, 6.45) is 8.70. The minimum Gasteiger partial charge on any atom is -0.845 e. The van der Waals surface area contributed by atoms with E-state index in [-0.39, 0.29) is 18.9 Å². The number of aryl methyl sites for hydroxylation is 3. The van der Waals surface area contributed by atoms with Crippen LogP contribution in [0, 0.1) is 0 Å². The van der Waals surface area contributed by atoms with Crippen LogP contribution >= 0.6 is 0 Å². The van der Waals surface area contributed by atoms with E-state index >= 15 is 0 Å². The van der Waals surface area contributed by atoms with Crippen LogP contribution in [0.5, 0.6) is 0 Å². The van der Waals surface area contributed by atoms with Crippen LogP contribution in [0.3, 0.4) is 0 Å². The van der Waals surface area contributed by atoms with Crippen molar-refractivity contribution in [1.82, 2.24) is 9.78 Å². The number of anilines is 2. The molecule has 0 saturated heterocycles. The van der Waals surface area contributed by atoms with Gasteiger partial charge in [0.15, 0.2) is 0 Å². The zero-order valence-electron chi connectivity index (χ0n) is 19.2. The van der Waals surface area contributed by atoms with E-state index in [1.807, 2.05) is 0 Å². The Hall–Kier alpha value is -2.63. The highest BCUT2D eigenvalue weighted by Gasteiger charge is 2.32. The first-order chi connectivity index (χ1) is 15.8. The van der Waals surface area contributed by atoms with Gasteiger partial charge >= 0.3 is 10.2 Å². The number of rotatable bonds is 9. The lowest BCUT2D eigenvalue weighted by atomic mass is 9.99. The van der Waals surface area contributed by atoms with Crippen LogP contribution < -0.4 is 14.7 Å². The summed E-state index contributed by atoms with van der Waals surface area (Å²) in [4.78, 5) is 0. The number of benzene rings is 1. The van der Waals surface area contributed by atoms with Crippen LogP contribution in [-0.4, -0.2) is 57.7 Å². The third-order valence-electron chi connectivity index (χ3n) is 6.15. The van der Waals surface area contributed by atoms with Gasteiger partial charge in [-0.05, 0) is 60.8 Å². The molecular formula is C22H30N5O5S-. The van der Waals surface area contributed by atoms with Gasteiger partial charge in [0, 0.05) is 33.2 Å². The van der Waals surface area contributed by atoms with Crippen LogP contribution in [-0.2, 0) is 52.4 Å². The first-order valence-corrected chi connectivity index (χ1v) is 12.4. The molecule has 0 aliphatic heterocycles. The van der Waals surface area contributed by atoms with E-state index in [9.17, 15) is 13.5 Å². The molecule has 11 heteroatoms. The number of amidine groups is 1. The Balaban J connectivity index is 1.69. The fourth-order valence-electron chi connectivity index (χ4n) is 4.87. The Labute approximate surface area is 194 Å².